The lowest BCUT2D eigenvalue weighted by atomic mass is 10.1. The molecule has 0 aliphatic rings. The number of halogens is 3. The van der Waals surface area contributed by atoms with Gasteiger partial charge in [-0.1, -0.05) is 41.4 Å². The van der Waals surface area contributed by atoms with E-state index in [-0.39, 0.29) is 0 Å². The van der Waals surface area contributed by atoms with Gasteiger partial charge in [0.25, 0.3) is 0 Å². The summed E-state index contributed by atoms with van der Waals surface area (Å²) in [6.07, 6.45) is 4.31. The van der Waals surface area contributed by atoms with Crippen LogP contribution < -0.4 is 0 Å². The maximum Gasteiger partial charge on any atom is 0.0726 e. The summed E-state index contributed by atoms with van der Waals surface area (Å²) in [6.45, 7) is 0. The molecule has 5 heteroatoms. The Hall–Kier alpha value is -0.900. The van der Waals surface area contributed by atoms with Crippen molar-refractivity contribution >= 4 is 51.1 Å². The Balaban J connectivity index is 3.19. The third kappa shape index (κ3) is 4.46. The Morgan fingerprint density at radius 2 is 2.06 bits per heavy atom. The number of nitrogens with zero attached hydrogens (tertiary/aromatic N) is 1. The van der Waals surface area contributed by atoms with Crippen LogP contribution in [0.1, 0.15) is 5.56 Å². The standard InChI is InChI=1S/C12H9BrCl2N2/c13-9(7-16)8-17-12(5-6-14)10-3-1-2-4-11(10)15/h1-8,16H. The minimum Gasteiger partial charge on any atom is -0.308 e. The molecule has 0 aromatic heterocycles. The first-order valence-electron chi connectivity index (χ1n) is 4.64. The molecule has 0 radical (unpaired) electrons. The molecular weight excluding hydrogens is 323 g/mol. The first-order chi connectivity index (χ1) is 8.19. The molecule has 2 nitrogen and oxygen atoms in total. The predicted octanol–water partition coefficient (Wildman–Crippen LogP) is 4.77. The monoisotopic (exact) mass is 330 g/mol. The van der Waals surface area contributed by atoms with Crippen LogP contribution >= 0.6 is 39.1 Å². The van der Waals surface area contributed by atoms with Crippen molar-refractivity contribution in [1.29, 1.82) is 5.41 Å². The zero-order valence-corrected chi connectivity index (χ0v) is 11.8. The van der Waals surface area contributed by atoms with Gasteiger partial charge in [0.05, 0.1) is 10.2 Å². The van der Waals surface area contributed by atoms with Crippen LogP contribution in [0.25, 0.3) is 0 Å². The molecule has 0 aliphatic heterocycles. The van der Waals surface area contributed by atoms with E-state index >= 15 is 0 Å². The second-order valence-electron chi connectivity index (χ2n) is 2.95. The summed E-state index contributed by atoms with van der Waals surface area (Å²) < 4.78 is 0.560. The summed E-state index contributed by atoms with van der Waals surface area (Å²) in [4.78, 5) is 4.22. The van der Waals surface area contributed by atoms with E-state index in [0.29, 0.717) is 15.2 Å². The smallest absolute Gasteiger partial charge is 0.0726 e. The van der Waals surface area contributed by atoms with Gasteiger partial charge in [0.1, 0.15) is 0 Å². The molecule has 0 saturated heterocycles. The van der Waals surface area contributed by atoms with E-state index in [1.165, 1.54) is 11.7 Å². The Bertz CT molecular complexity index is 493. The fourth-order valence-corrected chi connectivity index (χ4v) is 1.55. The van der Waals surface area contributed by atoms with Crippen molar-refractivity contribution in [3.05, 3.63) is 57.1 Å². The second kappa shape index (κ2) is 7.43. The summed E-state index contributed by atoms with van der Waals surface area (Å²) >= 11 is 14.8. The van der Waals surface area contributed by atoms with Crippen molar-refractivity contribution in [1.82, 2.24) is 0 Å². The summed E-state index contributed by atoms with van der Waals surface area (Å²) in [7, 11) is 0. The fourth-order valence-electron chi connectivity index (χ4n) is 1.10. The average Bonchev–Trinajstić information content (AvgIpc) is 2.35. The van der Waals surface area contributed by atoms with E-state index in [1.807, 2.05) is 18.2 Å². The number of hydrogen-bond donors (Lipinski definition) is 1. The molecule has 0 atom stereocenters. The summed E-state index contributed by atoms with van der Waals surface area (Å²) in [5.74, 6) is 0. The normalized spacial score (nSPS) is 13.1. The number of hydrogen-bond acceptors (Lipinski definition) is 2. The number of rotatable bonds is 4. The van der Waals surface area contributed by atoms with Gasteiger partial charge in [0, 0.05) is 28.5 Å². The fraction of sp³-hybridized carbons (Fsp3) is 0. The quantitative estimate of drug-likeness (QED) is 0.772. The van der Waals surface area contributed by atoms with Gasteiger partial charge in [0.15, 0.2) is 0 Å². The van der Waals surface area contributed by atoms with Crippen LogP contribution in [0.15, 0.2) is 51.6 Å². The molecule has 0 heterocycles. The molecule has 0 bridgehead atoms. The first-order valence-corrected chi connectivity index (χ1v) is 6.25. The molecule has 0 saturated carbocycles. The van der Waals surface area contributed by atoms with Crippen LogP contribution in [0, 0.1) is 5.41 Å². The number of allylic oxidation sites excluding steroid dienone is 2. The van der Waals surface area contributed by atoms with Crippen molar-refractivity contribution in [2.75, 3.05) is 0 Å². The lowest BCUT2D eigenvalue weighted by Gasteiger charge is -2.02. The van der Waals surface area contributed by atoms with Crippen LogP contribution in [0.5, 0.6) is 0 Å². The highest BCUT2D eigenvalue weighted by Crippen LogP contribution is 2.17. The van der Waals surface area contributed by atoms with Crippen molar-refractivity contribution in [3.8, 4) is 0 Å². The molecule has 0 unspecified atom stereocenters. The third-order valence-corrected chi connectivity index (χ3v) is 2.72. The number of benzene rings is 1. The molecule has 88 valence electrons. The van der Waals surface area contributed by atoms with E-state index in [1.54, 1.807) is 12.1 Å². The molecule has 1 aromatic rings. The largest absolute Gasteiger partial charge is 0.308 e. The van der Waals surface area contributed by atoms with Crippen molar-refractivity contribution in [3.63, 3.8) is 0 Å². The van der Waals surface area contributed by atoms with Crippen LogP contribution in [-0.4, -0.2) is 11.9 Å². The molecule has 1 aromatic carbocycles. The SMILES string of the molecule is N=CC(Br)=CN=C(C=CCl)c1ccccc1Cl. The Morgan fingerprint density at radius 3 is 2.65 bits per heavy atom. The van der Waals surface area contributed by atoms with Crippen molar-refractivity contribution in [2.45, 2.75) is 0 Å². The van der Waals surface area contributed by atoms with Gasteiger partial charge in [-0.05, 0) is 28.1 Å². The minimum atomic E-state index is 0.560. The second-order valence-corrected chi connectivity index (χ2v) is 4.52. The van der Waals surface area contributed by atoms with Crippen LogP contribution in [0.4, 0.5) is 0 Å². The highest BCUT2D eigenvalue weighted by Gasteiger charge is 2.03. The van der Waals surface area contributed by atoms with Crippen LogP contribution in [0.3, 0.4) is 0 Å². The number of aliphatic imine (C=N–C) groups is 1. The number of nitrogens with one attached hydrogen (secondary N) is 1. The molecule has 0 fully saturated rings. The molecule has 0 spiro atoms. The van der Waals surface area contributed by atoms with Gasteiger partial charge in [-0.15, -0.1) is 0 Å². The van der Waals surface area contributed by atoms with Crippen molar-refractivity contribution < 1.29 is 0 Å². The highest BCUT2D eigenvalue weighted by molar-refractivity contribution is 9.12. The van der Waals surface area contributed by atoms with Gasteiger partial charge in [-0.2, -0.15) is 0 Å². The maximum atomic E-state index is 7.02. The van der Waals surface area contributed by atoms with E-state index in [9.17, 15) is 0 Å². The Labute approximate surface area is 118 Å². The minimum absolute atomic E-state index is 0.560. The van der Waals surface area contributed by atoms with E-state index < -0.39 is 0 Å². The maximum absolute atomic E-state index is 7.02. The average molecular weight is 332 g/mol. The highest BCUT2D eigenvalue weighted by atomic mass is 79.9. The lowest BCUT2D eigenvalue weighted by molar-refractivity contribution is 1.52. The third-order valence-electron chi connectivity index (χ3n) is 1.84. The van der Waals surface area contributed by atoms with Gasteiger partial charge in [0.2, 0.25) is 0 Å². The van der Waals surface area contributed by atoms with E-state index in [0.717, 1.165) is 11.8 Å². The first kappa shape index (κ1) is 14.2. The van der Waals surface area contributed by atoms with Crippen molar-refractivity contribution in [2.24, 2.45) is 4.99 Å². The zero-order chi connectivity index (χ0) is 12.7. The van der Waals surface area contributed by atoms with Crippen LogP contribution in [0.2, 0.25) is 5.02 Å². The van der Waals surface area contributed by atoms with Gasteiger partial charge in [-0.25, -0.2) is 0 Å². The Kier molecular flexibility index (Phi) is 6.19. The topological polar surface area (TPSA) is 36.2 Å². The Morgan fingerprint density at radius 1 is 1.35 bits per heavy atom. The van der Waals surface area contributed by atoms with Gasteiger partial charge >= 0.3 is 0 Å². The van der Waals surface area contributed by atoms with E-state index in [2.05, 4.69) is 20.9 Å². The predicted molar refractivity (Wildman–Crippen MR) is 78.8 cm³/mol. The molecule has 0 aliphatic carbocycles. The molecule has 1 N–H and O–H groups in total. The molecule has 17 heavy (non-hydrogen) atoms. The molecular formula is C12H9BrCl2N2. The lowest BCUT2D eigenvalue weighted by Crippen LogP contribution is -1.96. The van der Waals surface area contributed by atoms with E-state index in [4.69, 9.17) is 28.6 Å². The zero-order valence-electron chi connectivity index (χ0n) is 8.70. The van der Waals surface area contributed by atoms with Crippen LogP contribution in [-0.2, 0) is 0 Å². The molecule has 0 amide bonds. The summed E-state index contributed by atoms with van der Waals surface area (Å²) in [5, 5.41) is 7.62. The molecule has 1 rings (SSSR count). The van der Waals surface area contributed by atoms with Gasteiger partial charge in [-0.3, -0.25) is 4.99 Å². The summed E-state index contributed by atoms with van der Waals surface area (Å²) in [6, 6.07) is 7.35. The van der Waals surface area contributed by atoms with Gasteiger partial charge < -0.3 is 5.41 Å². The summed E-state index contributed by atoms with van der Waals surface area (Å²) in [5.41, 5.74) is 2.78.